The van der Waals surface area contributed by atoms with Gasteiger partial charge in [0.25, 0.3) is 0 Å². The zero-order valence-electron chi connectivity index (χ0n) is 15.4. The van der Waals surface area contributed by atoms with Gasteiger partial charge < -0.3 is 9.64 Å². The van der Waals surface area contributed by atoms with Gasteiger partial charge in [0.2, 0.25) is 0 Å². The van der Waals surface area contributed by atoms with Crippen molar-refractivity contribution in [3.63, 3.8) is 0 Å². The molecule has 0 atom stereocenters. The molecular formula is C22H28ClNO2. The molecule has 0 N–H and O–H groups in total. The van der Waals surface area contributed by atoms with E-state index in [1.54, 1.807) is 7.11 Å². The van der Waals surface area contributed by atoms with Crippen molar-refractivity contribution < 1.29 is 9.53 Å². The van der Waals surface area contributed by atoms with Crippen LogP contribution in [0, 0.1) is 5.92 Å². The highest BCUT2D eigenvalue weighted by Crippen LogP contribution is 2.22. The molecule has 0 spiro atoms. The van der Waals surface area contributed by atoms with Crippen LogP contribution in [0.25, 0.3) is 0 Å². The minimum atomic E-state index is 0. The smallest absolute Gasteiger partial charge is 0.164 e. The minimum absolute atomic E-state index is 0. The third kappa shape index (κ3) is 5.86. The summed E-state index contributed by atoms with van der Waals surface area (Å²) < 4.78 is 5.14. The largest absolute Gasteiger partial charge is 0.497 e. The molecular weight excluding hydrogens is 346 g/mol. The van der Waals surface area contributed by atoms with Crippen LogP contribution in [0.4, 0.5) is 0 Å². The Hall–Kier alpha value is -1.84. The quantitative estimate of drug-likeness (QED) is 0.662. The first-order valence-corrected chi connectivity index (χ1v) is 9.18. The summed E-state index contributed by atoms with van der Waals surface area (Å²) in [6.45, 7) is 3.07. The maximum atomic E-state index is 12.3. The average molecular weight is 374 g/mol. The molecule has 1 aliphatic heterocycles. The number of carbonyl (C=O) groups is 1. The maximum Gasteiger partial charge on any atom is 0.164 e. The van der Waals surface area contributed by atoms with Crippen LogP contribution in [0.3, 0.4) is 0 Å². The van der Waals surface area contributed by atoms with Gasteiger partial charge in [-0.25, -0.2) is 0 Å². The van der Waals surface area contributed by atoms with Crippen LogP contribution in [0.1, 0.15) is 35.2 Å². The molecule has 140 valence electrons. The fourth-order valence-electron chi connectivity index (χ4n) is 3.54. The molecule has 1 saturated heterocycles. The fourth-order valence-corrected chi connectivity index (χ4v) is 3.54. The molecule has 3 nitrogen and oxygen atoms in total. The third-order valence-corrected chi connectivity index (χ3v) is 5.14. The van der Waals surface area contributed by atoms with E-state index < -0.39 is 0 Å². The molecule has 1 fully saturated rings. The van der Waals surface area contributed by atoms with Crippen molar-refractivity contribution in [1.29, 1.82) is 0 Å². The standard InChI is InChI=1S/C22H27NO2.ClH/c1-25-21-9-7-20(8-10-21)22(24)13-16-23-14-11-19(12-15-23)17-18-5-3-2-4-6-18;/h2-10,19H,11-17H2,1H3;1H. The summed E-state index contributed by atoms with van der Waals surface area (Å²) >= 11 is 0. The lowest BCUT2D eigenvalue weighted by molar-refractivity contribution is 0.0951. The molecule has 0 radical (unpaired) electrons. The number of halogens is 1. The van der Waals surface area contributed by atoms with Gasteiger partial charge in [0.1, 0.15) is 5.75 Å². The molecule has 0 aromatic heterocycles. The lowest BCUT2D eigenvalue weighted by atomic mass is 9.90. The van der Waals surface area contributed by atoms with E-state index in [0.717, 1.165) is 36.9 Å². The summed E-state index contributed by atoms with van der Waals surface area (Å²) in [7, 11) is 1.64. The highest BCUT2D eigenvalue weighted by molar-refractivity contribution is 5.96. The lowest BCUT2D eigenvalue weighted by Gasteiger charge is -2.31. The molecule has 2 aromatic carbocycles. The van der Waals surface area contributed by atoms with Crippen molar-refractivity contribution in [1.82, 2.24) is 4.90 Å². The van der Waals surface area contributed by atoms with Gasteiger partial charge >= 0.3 is 0 Å². The molecule has 0 saturated carbocycles. The van der Waals surface area contributed by atoms with Crippen LogP contribution in [0.15, 0.2) is 54.6 Å². The van der Waals surface area contributed by atoms with Gasteiger partial charge in [-0.2, -0.15) is 0 Å². The number of nitrogens with zero attached hydrogens (tertiary/aromatic N) is 1. The summed E-state index contributed by atoms with van der Waals surface area (Å²) in [5, 5.41) is 0. The van der Waals surface area contributed by atoms with Crippen molar-refractivity contribution in [2.24, 2.45) is 5.92 Å². The number of hydrogen-bond donors (Lipinski definition) is 0. The molecule has 0 bridgehead atoms. The summed E-state index contributed by atoms with van der Waals surface area (Å²) in [5.41, 5.74) is 2.22. The molecule has 0 unspecified atom stereocenters. The first-order valence-electron chi connectivity index (χ1n) is 9.18. The number of benzene rings is 2. The average Bonchev–Trinajstić information content (AvgIpc) is 2.68. The van der Waals surface area contributed by atoms with Gasteiger partial charge in [0.15, 0.2) is 5.78 Å². The van der Waals surface area contributed by atoms with Crippen molar-refractivity contribution >= 4 is 18.2 Å². The summed E-state index contributed by atoms with van der Waals surface area (Å²) in [6, 6.07) is 18.2. The van der Waals surface area contributed by atoms with Crippen LogP contribution in [0.2, 0.25) is 0 Å². The van der Waals surface area contributed by atoms with E-state index in [4.69, 9.17) is 4.74 Å². The summed E-state index contributed by atoms with van der Waals surface area (Å²) in [6.07, 6.45) is 4.23. The molecule has 0 aliphatic carbocycles. The van der Waals surface area contributed by atoms with E-state index in [2.05, 4.69) is 35.2 Å². The SMILES string of the molecule is COc1ccc(C(=O)CCN2CCC(Cc3ccccc3)CC2)cc1.Cl. The van der Waals surface area contributed by atoms with E-state index >= 15 is 0 Å². The highest BCUT2D eigenvalue weighted by Gasteiger charge is 2.20. The van der Waals surface area contributed by atoms with Gasteiger partial charge in [0, 0.05) is 18.5 Å². The van der Waals surface area contributed by atoms with E-state index in [9.17, 15) is 4.79 Å². The Bertz CT molecular complexity index is 664. The Morgan fingerprint density at radius 3 is 2.31 bits per heavy atom. The van der Waals surface area contributed by atoms with E-state index in [0.29, 0.717) is 6.42 Å². The molecule has 3 rings (SSSR count). The third-order valence-electron chi connectivity index (χ3n) is 5.14. The second-order valence-electron chi connectivity index (χ2n) is 6.88. The Kier molecular flexibility index (Phi) is 8.14. The molecule has 1 heterocycles. The number of carbonyl (C=O) groups excluding carboxylic acids is 1. The fraction of sp³-hybridized carbons (Fsp3) is 0.409. The molecule has 1 aliphatic rings. The molecule has 2 aromatic rings. The monoisotopic (exact) mass is 373 g/mol. The predicted octanol–water partition coefficient (Wildman–Crippen LogP) is 4.64. The van der Waals surface area contributed by atoms with Crippen molar-refractivity contribution in [3.8, 4) is 5.75 Å². The topological polar surface area (TPSA) is 29.5 Å². The van der Waals surface area contributed by atoms with Crippen LogP contribution in [-0.4, -0.2) is 37.4 Å². The normalized spacial score (nSPS) is 15.3. The number of piperidine rings is 1. The Labute approximate surface area is 162 Å². The molecule has 26 heavy (non-hydrogen) atoms. The Balaban J connectivity index is 0.00000243. The second kappa shape index (κ2) is 10.3. The minimum Gasteiger partial charge on any atom is -0.497 e. The second-order valence-corrected chi connectivity index (χ2v) is 6.88. The Morgan fingerprint density at radius 2 is 1.69 bits per heavy atom. The van der Waals surface area contributed by atoms with Crippen molar-refractivity contribution in [3.05, 3.63) is 65.7 Å². The van der Waals surface area contributed by atoms with Gasteiger partial charge in [-0.05, 0) is 68.1 Å². The summed E-state index contributed by atoms with van der Waals surface area (Å²) in [5.74, 6) is 1.78. The zero-order chi connectivity index (χ0) is 17.5. The lowest BCUT2D eigenvalue weighted by Crippen LogP contribution is -2.35. The number of Topliss-reactive ketones (excluding diaryl/α,β-unsaturated/α-hetero) is 1. The number of likely N-dealkylation sites (tertiary alicyclic amines) is 1. The Morgan fingerprint density at radius 1 is 1.04 bits per heavy atom. The van der Waals surface area contributed by atoms with Crippen LogP contribution < -0.4 is 4.74 Å². The van der Waals surface area contributed by atoms with E-state index in [1.165, 1.54) is 24.8 Å². The summed E-state index contributed by atoms with van der Waals surface area (Å²) in [4.78, 5) is 14.8. The first kappa shape index (κ1) is 20.5. The predicted molar refractivity (Wildman–Crippen MR) is 108 cm³/mol. The van der Waals surface area contributed by atoms with Crippen LogP contribution in [0.5, 0.6) is 5.75 Å². The number of methoxy groups -OCH3 is 1. The van der Waals surface area contributed by atoms with Crippen molar-refractivity contribution in [2.75, 3.05) is 26.7 Å². The van der Waals surface area contributed by atoms with Crippen LogP contribution >= 0.6 is 12.4 Å². The zero-order valence-corrected chi connectivity index (χ0v) is 16.2. The van der Waals surface area contributed by atoms with E-state index in [1.807, 2.05) is 24.3 Å². The van der Waals surface area contributed by atoms with Gasteiger partial charge in [-0.15, -0.1) is 12.4 Å². The van der Waals surface area contributed by atoms with Gasteiger partial charge in [-0.3, -0.25) is 4.79 Å². The van der Waals surface area contributed by atoms with Crippen LogP contribution in [-0.2, 0) is 6.42 Å². The maximum absolute atomic E-state index is 12.3. The molecule has 0 amide bonds. The highest BCUT2D eigenvalue weighted by atomic mass is 35.5. The van der Waals surface area contributed by atoms with Gasteiger partial charge in [-0.1, -0.05) is 30.3 Å². The van der Waals surface area contributed by atoms with Gasteiger partial charge in [0.05, 0.1) is 7.11 Å². The number of hydrogen-bond acceptors (Lipinski definition) is 3. The van der Waals surface area contributed by atoms with Crippen molar-refractivity contribution in [2.45, 2.75) is 25.7 Å². The van der Waals surface area contributed by atoms with E-state index in [-0.39, 0.29) is 18.2 Å². The molecule has 4 heteroatoms. The number of rotatable bonds is 7. The number of ketones is 1. The number of ether oxygens (including phenoxy) is 1. The first-order chi connectivity index (χ1) is 12.2.